The number of pyridine rings is 1. The number of anilines is 1. The van der Waals surface area contributed by atoms with Gasteiger partial charge in [0.2, 0.25) is 0 Å². The predicted molar refractivity (Wildman–Crippen MR) is 80.1 cm³/mol. The fourth-order valence-corrected chi connectivity index (χ4v) is 2.64. The van der Waals surface area contributed by atoms with Gasteiger partial charge >= 0.3 is 0 Å². The van der Waals surface area contributed by atoms with Gasteiger partial charge in [0.15, 0.2) is 0 Å². The van der Waals surface area contributed by atoms with Gasteiger partial charge in [0.1, 0.15) is 0 Å². The molecule has 0 bridgehead atoms. The lowest BCUT2D eigenvalue weighted by Gasteiger charge is -2.18. The van der Waals surface area contributed by atoms with E-state index < -0.39 is 0 Å². The number of hydrogen-bond donors (Lipinski definition) is 0. The first kappa shape index (κ1) is 12.9. The topological polar surface area (TPSA) is 33.2 Å². The van der Waals surface area contributed by atoms with E-state index in [9.17, 15) is 4.79 Å². The van der Waals surface area contributed by atoms with Gasteiger partial charge in [-0.1, -0.05) is 26.0 Å². The molecule has 0 unspecified atom stereocenters. The van der Waals surface area contributed by atoms with Crippen molar-refractivity contribution in [1.29, 1.82) is 0 Å². The van der Waals surface area contributed by atoms with Gasteiger partial charge in [0, 0.05) is 30.2 Å². The molecule has 0 radical (unpaired) electrons. The zero-order chi connectivity index (χ0) is 14.1. The smallest absolute Gasteiger partial charge is 0.258 e. The molecule has 3 rings (SSSR count). The summed E-state index contributed by atoms with van der Waals surface area (Å²) in [5.41, 5.74) is 4.36. The van der Waals surface area contributed by atoms with Crippen molar-refractivity contribution in [3.8, 4) is 0 Å². The quantitative estimate of drug-likeness (QED) is 0.834. The van der Waals surface area contributed by atoms with Gasteiger partial charge in [0.25, 0.3) is 5.91 Å². The molecule has 3 heteroatoms. The molecule has 0 N–H and O–H groups in total. The lowest BCUT2D eigenvalue weighted by atomic mass is 10.00. The number of nitrogens with zero attached hydrogens (tertiary/aromatic N) is 2. The van der Waals surface area contributed by atoms with Crippen molar-refractivity contribution >= 4 is 11.6 Å². The molecule has 3 nitrogen and oxygen atoms in total. The third-order valence-electron chi connectivity index (χ3n) is 3.84. The van der Waals surface area contributed by atoms with E-state index in [0.29, 0.717) is 11.5 Å². The minimum Gasteiger partial charge on any atom is -0.308 e. The Hall–Kier alpha value is -2.16. The predicted octanol–water partition coefficient (Wildman–Crippen LogP) is 3.41. The number of fused-ring (bicyclic) bond motifs is 1. The Kier molecular flexibility index (Phi) is 3.26. The van der Waals surface area contributed by atoms with E-state index in [1.165, 1.54) is 11.1 Å². The van der Waals surface area contributed by atoms with Crippen molar-refractivity contribution in [2.24, 2.45) is 0 Å². The highest BCUT2D eigenvalue weighted by Crippen LogP contribution is 2.31. The Labute approximate surface area is 119 Å². The Morgan fingerprint density at radius 2 is 1.95 bits per heavy atom. The minimum absolute atomic E-state index is 0.0587. The second-order valence-electron chi connectivity index (χ2n) is 5.49. The second kappa shape index (κ2) is 5.08. The fraction of sp³-hybridized carbons (Fsp3) is 0.294. The van der Waals surface area contributed by atoms with Crippen LogP contribution in [0.4, 0.5) is 5.69 Å². The van der Waals surface area contributed by atoms with Crippen LogP contribution >= 0.6 is 0 Å². The molecular weight excluding hydrogens is 248 g/mol. The number of carbonyl (C=O) groups excluding carboxylic acids is 1. The lowest BCUT2D eigenvalue weighted by molar-refractivity contribution is 0.0989. The molecule has 0 atom stereocenters. The van der Waals surface area contributed by atoms with Gasteiger partial charge in [-0.25, -0.2) is 0 Å². The van der Waals surface area contributed by atoms with Crippen molar-refractivity contribution in [2.45, 2.75) is 26.2 Å². The van der Waals surface area contributed by atoms with Crippen LogP contribution in [0.15, 0.2) is 42.7 Å². The van der Waals surface area contributed by atoms with E-state index in [4.69, 9.17) is 0 Å². The van der Waals surface area contributed by atoms with Gasteiger partial charge in [-0.2, -0.15) is 0 Å². The Morgan fingerprint density at radius 1 is 1.20 bits per heavy atom. The monoisotopic (exact) mass is 266 g/mol. The van der Waals surface area contributed by atoms with E-state index in [2.05, 4.69) is 37.0 Å². The van der Waals surface area contributed by atoms with Crippen molar-refractivity contribution in [3.63, 3.8) is 0 Å². The van der Waals surface area contributed by atoms with Crippen LogP contribution in [-0.2, 0) is 6.42 Å². The normalized spacial score (nSPS) is 13.7. The highest BCUT2D eigenvalue weighted by atomic mass is 16.2. The average Bonchev–Trinajstić information content (AvgIpc) is 2.90. The maximum absolute atomic E-state index is 12.5. The van der Waals surface area contributed by atoms with Crippen LogP contribution in [0, 0.1) is 0 Å². The fourth-order valence-electron chi connectivity index (χ4n) is 2.64. The largest absolute Gasteiger partial charge is 0.308 e. The molecular formula is C17H18N2O. The molecule has 0 spiro atoms. The van der Waals surface area contributed by atoms with Gasteiger partial charge in [0.05, 0.1) is 0 Å². The maximum Gasteiger partial charge on any atom is 0.258 e. The number of carbonyl (C=O) groups is 1. The Bertz CT molecular complexity index is 635. The van der Waals surface area contributed by atoms with Crippen LogP contribution in [0.25, 0.3) is 0 Å². The van der Waals surface area contributed by atoms with Gasteiger partial charge < -0.3 is 4.90 Å². The van der Waals surface area contributed by atoms with E-state index in [1.807, 2.05) is 4.90 Å². The molecule has 0 saturated heterocycles. The van der Waals surface area contributed by atoms with E-state index >= 15 is 0 Å². The lowest BCUT2D eigenvalue weighted by Crippen LogP contribution is -2.28. The Balaban J connectivity index is 1.92. The highest BCUT2D eigenvalue weighted by Gasteiger charge is 2.25. The number of aromatic nitrogens is 1. The molecule has 1 aliphatic heterocycles. The molecule has 0 saturated carbocycles. The summed E-state index contributed by atoms with van der Waals surface area (Å²) in [5.74, 6) is 0.577. The molecule has 2 aromatic rings. The molecule has 1 aromatic carbocycles. The van der Waals surface area contributed by atoms with Crippen LogP contribution in [0.1, 0.15) is 41.3 Å². The second-order valence-corrected chi connectivity index (χ2v) is 5.49. The first-order chi connectivity index (χ1) is 9.66. The average molecular weight is 266 g/mol. The molecule has 102 valence electrons. The van der Waals surface area contributed by atoms with E-state index in [1.54, 1.807) is 24.5 Å². The number of hydrogen-bond acceptors (Lipinski definition) is 2. The Morgan fingerprint density at radius 3 is 2.65 bits per heavy atom. The summed E-state index contributed by atoms with van der Waals surface area (Å²) in [7, 11) is 0. The van der Waals surface area contributed by atoms with Crippen molar-refractivity contribution in [2.75, 3.05) is 11.4 Å². The SMILES string of the molecule is CC(C)c1ccc2c(c1)CCN2C(=O)c1ccncc1. The zero-order valence-corrected chi connectivity index (χ0v) is 11.8. The molecule has 20 heavy (non-hydrogen) atoms. The van der Waals surface area contributed by atoms with Gasteiger partial charge in [-0.3, -0.25) is 9.78 Å². The highest BCUT2D eigenvalue weighted by molar-refractivity contribution is 6.07. The van der Waals surface area contributed by atoms with Gasteiger partial charge in [-0.15, -0.1) is 0 Å². The summed E-state index contributed by atoms with van der Waals surface area (Å²) in [6.07, 6.45) is 4.25. The summed E-state index contributed by atoms with van der Waals surface area (Å²) in [6, 6.07) is 9.98. The van der Waals surface area contributed by atoms with Crippen LogP contribution in [0.3, 0.4) is 0 Å². The summed E-state index contributed by atoms with van der Waals surface area (Å²) in [5, 5.41) is 0. The maximum atomic E-state index is 12.5. The summed E-state index contributed by atoms with van der Waals surface area (Å²) in [6.45, 7) is 5.14. The van der Waals surface area contributed by atoms with Crippen LogP contribution in [-0.4, -0.2) is 17.4 Å². The molecule has 1 amide bonds. The number of amides is 1. The van der Waals surface area contributed by atoms with Crippen LogP contribution < -0.4 is 4.90 Å². The molecule has 1 aromatic heterocycles. The summed E-state index contributed by atoms with van der Waals surface area (Å²) in [4.78, 5) is 18.4. The van der Waals surface area contributed by atoms with Crippen molar-refractivity contribution < 1.29 is 4.79 Å². The summed E-state index contributed by atoms with van der Waals surface area (Å²) < 4.78 is 0. The summed E-state index contributed by atoms with van der Waals surface area (Å²) >= 11 is 0. The standard InChI is InChI=1S/C17H18N2O/c1-12(2)14-3-4-16-15(11-14)7-10-19(16)17(20)13-5-8-18-9-6-13/h3-6,8-9,11-12H,7,10H2,1-2H3. The molecule has 2 heterocycles. The van der Waals surface area contributed by atoms with E-state index in [0.717, 1.165) is 18.7 Å². The van der Waals surface area contributed by atoms with E-state index in [-0.39, 0.29) is 5.91 Å². The third kappa shape index (κ3) is 2.20. The van der Waals surface area contributed by atoms with Crippen LogP contribution in [0.5, 0.6) is 0 Å². The van der Waals surface area contributed by atoms with Crippen LogP contribution in [0.2, 0.25) is 0 Å². The first-order valence-corrected chi connectivity index (χ1v) is 7.01. The number of benzene rings is 1. The first-order valence-electron chi connectivity index (χ1n) is 7.01. The number of rotatable bonds is 2. The molecule has 0 aliphatic carbocycles. The minimum atomic E-state index is 0.0587. The van der Waals surface area contributed by atoms with Gasteiger partial charge in [-0.05, 0) is 41.7 Å². The van der Waals surface area contributed by atoms with Crippen molar-refractivity contribution in [3.05, 3.63) is 59.4 Å². The molecule has 0 fully saturated rings. The van der Waals surface area contributed by atoms with Crippen molar-refractivity contribution in [1.82, 2.24) is 4.98 Å². The zero-order valence-electron chi connectivity index (χ0n) is 11.8. The molecule has 1 aliphatic rings. The third-order valence-corrected chi connectivity index (χ3v) is 3.84.